The van der Waals surface area contributed by atoms with Crippen molar-refractivity contribution in [2.45, 2.75) is 38.2 Å². The Labute approximate surface area is 217 Å². The average Bonchev–Trinajstić information content (AvgIpc) is 3.32. The Hall–Kier alpha value is -3.68. The van der Waals surface area contributed by atoms with Crippen LogP contribution in [0.4, 0.5) is 22.7 Å². The number of Topliss-reactive ketones (excluding diaryl/α,β-unsaturated/α-hetero) is 1. The van der Waals surface area contributed by atoms with Crippen LogP contribution in [0.1, 0.15) is 52.0 Å². The van der Waals surface area contributed by atoms with Crippen LogP contribution in [0.15, 0.2) is 66.7 Å². The topological polar surface area (TPSA) is 93.7 Å². The molecule has 0 radical (unpaired) electrons. The van der Waals surface area contributed by atoms with E-state index in [0.717, 1.165) is 35.7 Å². The number of benzene rings is 3. The first-order chi connectivity index (χ1) is 18.1. The summed E-state index contributed by atoms with van der Waals surface area (Å²) in [5, 5.41) is 20.0. The summed E-state index contributed by atoms with van der Waals surface area (Å²) in [6, 6.07) is 20.7. The molecule has 5 rings (SSSR count). The van der Waals surface area contributed by atoms with Crippen LogP contribution in [0.3, 0.4) is 0 Å². The molecule has 1 fully saturated rings. The molecule has 3 aromatic rings. The second-order valence-electron chi connectivity index (χ2n) is 9.86. The normalized spacial score (nSPS) is 16.2. The molecule has 2 aliphatic rings. The van der Waals surface area contributed by atoms with Crippen LogP contribution < -0.4 is 16.0 Å². The number of aliphatic hydroxyl groups is 1. The van der Waals surface area contributed by atoms with Gasteiger partial charge in [0.15, 0.2) is 5.78 Å². The van der Waals surface area contributed by atoms with E-state index < -0.39 is 6.10 Å². The number of nitrogens with one attached hydrogen (secondary N) is 3. The SMILES string of the molecule is O=C(Nc1ccc(Nc2ccccc2)c2c1C(=O)CC2)c1ccc(NCC(O)CN2CCCCC2)cc1. The van der Waals surface area contributed by atoms with E-state index in [4.69, 9.17) is 0 Å². The van der Waals surface area contributed by atoms with Crippen molar-refractivity contribution in [1.82, 2.24) is 4.90 Å². The minimum absolute atomic E-state index is 0.0460. The highest BCUT2D eigenvalue weighted by atomic mass is 16.3. The number of hydrogen-bond acceptors (Lipinski definition) is 6. The molecule has 1 aliphatic heterocycles. The number of piperidine rings is 1. The molecule has 0 bridgehead atoms. The van der Waals surface area contributed by atoms with Gasteiger partial charge >= 0.3 is 0 Å². The van der Waals surface area contributed by atoms with E-state index in [9.17, 15) is 14.7 Å². The molecule has 192 valence electrons. The first-order valence-corrected chi connectivity index (χ1v) is 13.1. The van der Waals surface area contributed by atoms with Crippen LogP contribution in [0.5, 0.6) is 0 Å². The predicted octanol–water partition coefficient (Wildman–Crippen LogP) is 5.07. The van der Waals surface area contributed by atoms with Gasteiger partial charge in [-0.3, -0.25) is 9.59 Å². The monoisotopic (exact) mass is 498 g/mol. The summed E-state index contributed by atoms with van der Waals surface area (Å²) in [7, 11) is 0. The van der Waals surface area contributed by atoms with E-state index in [2.05, 4.69) is 20.9 Å². The van der Waals surface area contributed by atoms with Crippen LogP contribution in [-0.2, 0) is 6.42 Å². The van der Waals surface area contributed by atoms with Gasteiger partial charge in [0.1, 0.15) is 0 Å². The molecule has 1 heterocycles. The van der Waals surface area contributed by atoms with Gasteiger partial charge in [-0.05, 0) is 86.4 Å². The van der Waals surface area contributed by atoms with Crippen LogP contribution in [-0.4, -0.2) is 54.0 Å². The minimum atomic E-state index is -0.444. The maximum absolute atomic E-state index is 13.0. The Morgan fingerprint density at radius 2 is 1.59 bits per heavy atom. The van der Waals surface area contributed by atoms with Crippen LogP contribution in [0, 0.1) is 0 Å². The van der Waals surface area contributed by atoms with Gasteiger partial charge in [0.25, 0.3) is 5.91 Å². The summed E-state index contributed by atoms with van der Waals surface area (Å²) in [6.07, 6.45) is 4.33. The summed E-state index contributed by atoms with van der Waals surface area (Å²) in [6.45, 7) is 3.25. The number of aliphatic hydroxyl groups excluding tert-OH is 1. The molecule has 1 aliphatic carbocycles. The van der Waals surface area contributed by atoms with Crippen LogP contribution >= 0.6 is 0 Å². The fourth-order valence-electron chi connectivity index (χ4n) is 5.16. The van der Waals surface area contributed by atoms with E-state index >= 15 is 0 Å². The van der Waals surface area contributed by atoms with Gasteiger partial charge in [-0.1, -0.05) is 24.6 Å². The molecule has 37 heavy (non-hydrogen) atoms. The summed E-state index contributed by atoms with van der Waals surface area (Å²) in [5.41, 5.74) is 5.27. The lowest BCUT2D eigenvalue weighted by Gasteiger charge is -2.28. The van der Waals surface area contributed by atoms with E-state index in [1.54, 1.807) is 18.2 Å². The Bertz CT molecular complexity index is 1240. The fraction of sp³-hybridized carbons (Fsp3) is 0.333. The summed E-state index contributed by atoms with van der Waals surface area (Å²) in [4.78, 5) is 28.0. The molecule has 1 atom stereocenters. The molecule has 1 unspecified atom stereocenters. The molecule has 1 saturated heterocycles. The van der Waals surface area contributed by atoms with E-state index in [1.807, 2.05) is 48.5 Å². The number of amides is 1. The average molecular weight is 499 g/mol. The van der Waals surface area contributed by atoms with Crippen molar-refractivity contribution < 1.29 is 14.7 Å². The van der Waals surface area contributed by atoms with Gasteiger partial charge < -0.3 is 26.0 Å². The Morgan fingerprint density at radius 3 is 2.35 bits per heavy atom. The Balaban J connectivity index is 1.20. The van der Waals surface area contributed by atoms with Crippen molar-refractivity contribution in [1.29, 1.82) is 0 Å². The zero-order valence-electron chi connectivity index (χ0n) is 21.0. The van der Waals surface area contributed by atoms with Gasteiger partial charge in [-0.25, -0.2) is 0 Å². The number of likely N-dealkylation sites (tertiary alicyclic amines) is 1. The summed E-state index contributed by atoms with van der Waals surface area (Å²) >= 11 is 0. The number of nitrogens with zero attached hydrogens (tertiary/aromatic N) is 1. The first kappa shape index (κ1) is 25.0. The van der Waals surface area contributed by atoms with Gasteiger partial charge in [-0.15, -0.1) is 0 Å². The van der Waals surface area contributed by atoms with Crippen molar-refractivity contribution in [3.05, 3.63) is 83.4 Å². The third kappa shape index (κ3) is 6.18. The van der Waals surface area contributed by atoms with E-state index in [1.165, 1.54) is 19.3 Å². The quantitative estimate of drug-likeness (QED) is 0.329. The molecule has 4 N–H and O–H groups in total. The van der Waals surface area contributed by atoms with E-state index in [0.29, 0.717) is 42.7 Å². The Morgan fingerprint density at radius 1 is 0.865 bits per heavy atom. The zero-order valence-corrected chi connectivity index (χ0v) is 21.0. The third-order valence-corrected chi connectivity index (χ3v) is 7.10. The van der Waals surface area contributed by atoms with E-state index in [-0.39, 0.29) is 11.7 Å². The summed E-state index contributed by atoms with van der Waals surface area (Å²) in [5.74, 6) is -0.216. The number of carbonyl (C=O) groups is 2. The molecule has 0 aromatic heterocycles. The Kier molecular flexibility index (Phi) is 7.82. The molecule has 3 aromatic carbocycles. The zero-order chi connectivity index (χ0) is 25.6. The molecular weight excluding hydrogens is 464 g/mol. The molecule has 7 heteroatoms. The summed E-state index contributed by atoms with van der Waals surface area (Å²) < 4.78 is 0. The first-order valence-electron chi connectivity index (χ1n) is 13.1. The fourth-order valence-corrected chi connectivity index (χ4v) is 5.16. The number of carbonyl (C=O) groups excluding carboxylic acids is 2. The molecule has 1 amide bonds. The molecule has 7 nitrogen and oxygen atoms in total. The number of para-hydroxylation sites is 1. The van der Waals surface area contributed by atoms with Gasteiger partial charge in [0, 0.05) is 47.7 Å². The molecule has 0 spiro atoms. The largest absolute Gasteiger partial charge is 0.390 e. The predicted molar refractivity (Wildman–Crippen MR) is 148 cm³/mol. The second-order valence-corrected chi connectivity index (χ2v) is 9.86. The molecular formula is C30H34N4O3. The lowest BCUT2D eigenvalue weighted by atomic mass is 10.0. The van der Waals surface area contributed by atoms with Crippen molar-refractivity contribution in [3.63, 3.8) is 0 Å². The highest BCUT2D eigenvalue weighted by molar-refractivity contribution is 6.12. The third-order valence-electron chi connectivity index (χ3n) is 7.10. The lowest BCUT2D eigenvalue weighted by molar-refractivity contribution is 0.0995. The van der Waals surface area contributed by atoms with Crippen LogP contribution in [0.2, 0.25) is 0 Å². The van der Waals surface area contributed by atoms with Crippen molar-refractivity contribution in [2.24, 2.45) is 0 Å². The number of anilines is 4. The van der Waals surface area contributed by atoms with Gasteiger partial charge in [0.05, 0.1) is 11.8 Å². The molecule has 0 saturated carbocycles. The van der Waals surface area contributed by atoms with Gasteiger partial charge in [-0.2, -0.15) is 0 Å². The smallest absolute Gasteiger partial charge is 0.255 e. The number of fused-ring (bicyclic) bond motifs is 1. The number of rotatable bonds is 9. The maximum atomic E-state index is 13.0. The number of ketones is 1. The van der Waals surface area contributed by atoms with Crippen molar-refractivity contribution >= 4 is 34.4 Å². The standard InChI is InChI=1S/C30H34N4O3/c35-24(20-34-17-5-2-6-18-34)19-31-22-11-9-21(10-12-22)30(37)33-27-15-14-26(25-13-16-28(36)29(25)27)32-23-7-3-1-4-8-23/h1,3-4,7-12,14-15,24,31-32,35H,2,5-6,13,16-20H2,(H,33,37). The number of hydrogen-bond donors (Lipinski definition) is 4. The maximum Gasteiger partial charge on any atom is 0.255 e. The second kappa shape index (κ2) is 11.6. The van der Waals surface area contributed by atoms with Gasteiger partial charge in [0.2, 0.25) is 0 Å². The highest BCUT2D eigenvalue weighted by Crippen LogP contribution is 2.36. The van der Waals surface area contributed by atoms with Crippen molar-refractivity contribution in [3.8, 4) is 0 Å². The van der Waals surface area contributed by atoms with Crippen LogP contribution in [0.25, 0.3) is 0 Å². The highest BCUT2D eigenvalue weighted by Gasteiger charge is 2.27. The minimum Gasteiger partial charge on any atom is -0.390 e. The lowest BCUT2D eigenvalue weighted by Crippen LogP contribution is -2.39. The number of β-amino-alcohol motifs (C(OH)–C–C–N with tert-alkyl or cyclic N) is 1. The van der Waals surface area contributed by atoms with Crippen molar-refractivity contribution in [2.75, 3.05) is 42.1 Å².